The first-order valence-corrected chi connectivity index (χ1v) is 4.12. The molecule has 0 amide bonds. The molecule has 0 aliphatic carbocycles. The number of nitrogens with zero attached hydrogens (tertiary/aromatic N) is 2. The van der Waals surface area contributed by atoms with Crippen LogP contribution in [-0.4, -0.2) is 15.3 Å². The Hall–Kier alpha value is -1.45. The van der Waals surface area contributed by atoms with Gasteiger partial charge in [0.05, 0.1) is 6.33 Å². The Balaban J connectivity index is 2.78. The highest BCUT2D eigenvalue weighted by molar-refractivity contribution is 5.75. The topological polar surface area (TPSA) is 52.0 Å². The first-order valence-electron chi connectivity index (χ1n) is 4.12. The van der Waals surface area contributed by atoms with E-state index in [-0.39, 0.29) is 11.3 Å². The van der Waals surface area contributed by atoms with Gasteiger partial charge in [0.25, 0.3) is 5.56 Å². The van der Waals surface area contributed by atoms with E-state index in [0.29, 0.717) is 18.7 Å². The third-order valence-corrected chi connectivity index (χ3v) is 1.72. The summed E-state index contributed by atoms with van der Waals surface area (Å²) in [5, 5.41) is 0. The van der Waals surface area contributed by atoms with Crippen LogP contribution in [0.2, 0.25) is 0 Å². The summed E-state index contributed by atoms with van der Waals surface area (Å²) in [7, 11) is 0. The standard InChI is InChI=1S/C9H12N2O2/c1-7-5-9(13)11(6-10-7)4-3-8(2)12/h5-6H,3-4H2,1-2H3. The van der Waals surface area contributed by atoms with Gasteiger partial charge < -0.3 is 0 Å². The molecular formula is C9H12N2O2. The summed E-state index contributed by atoms with van der Waals surface area (Å²) in [5.41, 5.74) is 0.595. The molecule has 0 aliphatic rings. The number of carbonyl (C=O) groups is 1. The fraction of sp³-hybridized carbons (Fsp3) is 0.444. The Morgan fingerprint density at radius 3 is 2.85 bits per heavy atom. The molecule has 0 saturated heterocycles. The van der Waals surface area contributed by atoms with E-state index in [9.17, 15) is 9.59 Å². The number of hydrogen-bond acceptors (Lipinski definition) is 3. The van der Waals surface area contributed by atoms with Crippen LogP contribution in [0.4, 0.5) is 0 Å². The van der Waals surface area contributed by atoms with Gasteiger partial charge in [0.1, 0.15) is 5.78 Å². The van der Waals surface area contributed by atoms with Crippen LogP contribution in [0.1, 0.15) is 19.0 Å². The number of rotatable bonds is 3. The van der Waals surface area contributed by atoms with Gasteiger partial charge in [0, 0.05) is 24.7 Å². The minimum atomic E-state index is -0.103. The summed E-state index contributed by atoms with van der Waals surface area (Å²) in [4.78, 5) is 25.9. The van der Waals surface area contributed by atoms with Crippen LogP contribution in [-0.2, 0) is 11.3 Å². The Labute approximate surface area is 76.2 Å². The van der Waals surface area contributed by atoms with Gasteiger partial charge in [0.2, 0.25) is 0 Å². The van der Waals surface area contributed by atoms with Gasteiger partial charge in [-0.2, -0.15) is 0 Å². The first-order chi connectivity index (χ1) is 6.09. The van der Waals surface area contributed by atoms with Gasteiger partial charge in [-0.25, -0.2) is 4.98 Å². The molecule has 70 valence electrons. The Morgan fingerprint density at radius 1 is 1.62 bits per heavy atom. The monoisotopic (exact) mass is 180 g/mol. The van der Waals surface area contributed by atoms with E-state index < -0.39 is 0 Å². The lowest BCUT2D eigenvalue weighted by Crippen LogP contribution is -2.20. The van der Waals surface area contributed by atoms with Crippen molar-refractivity contribution in [1.29, 1.82) is 0 Å². The number of hydrogen-bond donors (Lipinski definition) is 0. The van der Waals surface area contributed by atoms with Gasteiger partial charge in [-0.15, -0.1) is 0 Å². The number of carbonyl (C=O) groups excluding carboxylic acids is 1. The summed E-state index contributed by atoms with van der Waals surface area (Å²) in [6.07, 6.45) is 1.85. The van der Waals surface area contributed by atoms with E-state index in [2.05, 4.69) is 4.98 Å². The molecule has 0 unspecified atom stereocenters. The lowest BCUT2D eigenvalue weighted by molar-refractivity contribution is -0.117. The third-order valence-electron chi connectivity index (χ3n) is 1.72. The zero-order valence-corrected chi connectivity index (χ0v) is 7.78. The van der Waals surface area contributed by atoms with Crippen LogP contribution < -0.4 is 5.56 Å². The van der Waals surface area contributed by atoms with E-state index in [1.165, 1.54) is 23.9 Å². The highest BCUT2D eigenvalue weighted by atomic mass is 16.1. The van der Waals surface area contributed by atoms with Crippen LogP contribution >= 0.6 is 0 Å². The number of ketones is 1. The van der Waals surface area contributed by atoms with Gasteiger partial charge >= 0.3 is 0 Å². The first kappa shape index (κ1) is 9.64. The lowest BCUT2D eigenvalue weighted by atomic mass is 10.3. The zero-order chi connectivity index (χ0) is 9.84. The van der Waals surface area contributed by atoms with Gasteiger partial charge in [-0.1, -0.05) is 0 Å². The quantitative estimate of drug-likeness (QED) is 0.681. The molecular weight excluding hydrogens is 168 g/mol. The van der Waals surface area contributed by atoms with Crippen molar-refractivity contribution in [2.24, 2.45) is 0 Å². The fourth-order valence-corrected chi connectivity index (χ4v) is 0.962. The van der Waals surface area contributed by atoms with Crippen LogP contribution in [0.5, 0.6) is 0 Å². The van der Waals surface area contributed by atoms with E-state index in [1.54, 1.807) is 6.92 Å². The molecule has 0 fully saturated rings. The van der Waals surface area contributed by atoms with E-state index in [4.69, 9.17) is 0 Å². The SMILES string of the molecule is CC(=O)CCn1cnc(C)cc1=O. The predicted molar refractivity (Wildman–Crippen MR) is 48.5 cm³/mol. The van der Waals surface area contributed by atoms with E-state index in [0.717, 1.165) is 0 Å². The second-order valence-electron chi connectivity index (χ2n) is 3.01. The molecule has 0 bridgehead atoms. The Morgan fingerprint density at radius 2 is 2.31 bits per heavy atom. The number of Topliss-reactive ketones (excluding diaryl/α,β-unsaturated/α-hetero) is 1. The lowest BCUT2D eigenvalue weighted by Gasteiger charge is -2.02. The molecule has 1 aromatic rings. The van der Waals surface area contributed by atoms with Crippen LogP contribution in [0.3, 0.4) is 0 Å². The predicted octanol–water partition coefficient (Wildman–Crippen LogP) is 0.531. The van der Waals surface area contributed by atoms with Crippen molar-refractivity contribution < 1.29 is 4.79 Å². The molecule has 0 spiro atoms. The molecule has 0 aromatic carbocycles. The highest BCUT2D eigenvalue weighted by Crippen LogP contribution is 1.89. The zero-order valence-electron chi connectivity index (χ0n) is 7.78. The third kappa shape index (κ3) is 2.82. The van der Waals surface area contributed by atoms with Crippen LogP contribution in [0.25, 0.3) is 0 Å². The van der Waals surface area contributed by atoms with Crippen molar-refractivity contribution >= 4 is 5.78 Å². The van der Waals surface area contributed by atoms with Crippen molar-refractivity contribution in [1.82, 2.24) is 9.55 Å². The van der Waals surface area contributed by atoms with Gasteiger partial charge in [-0.3, -0.25) is 14.2 Å². The van der Waals surface area contributed by atoms with E-state index >= 15 is 0 Å². The molecule has 4 nitrogen and oxygen atoms in total. The fourth-order valence-electron chi connectivity index (χ4n) is 0.962. The smallest absolute Gasteiger partial charge is 0.253 e. The largest absolute Gasteiger partial charge is 0.300 e. The minimum Gasteiger partial charge on any atom is -0.300 e. The maximum absolute atomic E-state index is 11.3. The molecule has 0 saturated carbocycles. The molecule has 1 aromatic heterocycles. The summed E-state index contributed by atoms with van der Waals surface area (Å²) >= 11 is 0. The maximum atomic E-state index is 11.3. The average molecular weight is 180 g/mol. The molecule has 0 radical (unpaired) electrons. The molecule has 0 aliphatic heterocycles. The van der Waals surface area contributed by atoms with Gasteiger partial charge in [-0.05, 0) is 13.8 Å². The summed E-state index contributed by atoms with van der Waals surface area (Å²) < 4.78 is 1.44. The van der Waals surface area contributed by atoms with Crippen LogP contribution in [0.15, 0.2) is 17.2 Å². The summed E-state index contributed by atoms with van der Waals surface area (Å²) in [6, 6.07) is 1.46. The molecule has 4 heteroatoms. The number of aryl methyl sites for hydroxylation is 2. The molecule has 0 N–H and O–H groups in total. The van der Waals surface area contributed by atoms with Crippen molar-refractivity contribution in [2.75, 3.05) is 0 Å². The maximum Gasteiger partial charge on any atom is 0.253 e. The second kappa shape index (κ2) is 3.98. The highest BCUT2D eigenvalue weighted by Gasteiger charge is 1.98. The molecule has 13 heavy (non-hydrogen) atoms. The van der Waals surface area contributed by atoms with Crippen molar-refractivity contribution in [3.8, 4) is 0 Å². The molecule has 1 heterocycles. The van der Waals surface area contributed by atoms with Crippen molar-refractivity contribution in [3.63, 3.8) is 0 Å². The minimum absolute atomic E-state index is 0.0764. The van der Waals surface area contributed by atoms with Crippen molar-refractivity contribution in [3.05, 3.63) is 28.4 Å². The Bertz CT molecular complexity index is 368. The van der Waals surface area contributed by atoms with Crippen molar-refractivity contribution in [2.45, 2.75) is 26.8 Å². The number of aromatic nitrogens is 2. The molecule has 0 atom stereocenters. The molecule has 1 rings (SSSR count). The van der Waals surface area contributed by atoms with E-state index in [1.807, 2.05) is 0 Å². The second-order valence-corrected chi connectivity index (χ2v) is 3.01. The normalized spacial score (nSPS) is 10.0. The Kier molecular flexibility index (Phi) is 2.95. The van der Waals surface area contributed by atoms with Gasteiger partial charge in [0.15, 0.2) is 0 Å². The summed E-state index contributed by atoms with van der Waals surface area (Å²) in [5.74, 6) is 0.0764. The summed E-state index contributed by atoms with van der Waals surface area (Å²) in [6.45, 7) is 3.69. The average Bonchev–Trinajstić information content (AvgIpc) is 2.02. The van der Waals surface area contributed by atoms with Crippen LogP contribution in [0, 0.1) is 6.92 Å².